The van der Waals surface area contributed by atoms with Gasteiger partial charge in [0.1, 0.15) is 4.88 Å². The highest BCUT2D eigenvalue weighted by molar-refractivity contribution is 7.11. The molecule has 0 radical (unpaired) electrons. The molecule has 1 aliphatic heterocycles. The molecule has 0 unspecified atom stereocenters. The zero-order valence-corrected chi connectivity index (χ0v) is 11.2. The predicted octanol–water partition coefficient (Wildman–Crippen LogP) is 1.65. The van der Waals surface area contributed by atoms with E-state index < -0.39 is 0 Å². The van der Waals surface area contributed by atoms with Crippen molar-refractivity contribution in [3.8, 4) is 0 Å². The number of carbonyl (C=O) groups excluding carboxylic acids is 1. The van der Waals surface area contributed by atoms with E-state index in [4.69, 9.17) is 5.73 Å². The van der Waals surface area contributed by atoms with Gasteiger partial charge in [-0.05, 0) is 19.3 Å². The average molecular weight is 253 g/mol. The first kappa shape index (κ1) is 12.5. The van der Waals surface area contributed by atoms with Gasteiger partial charge in [0.25, 0.3) is 5.91 Å². The van der Waals surface area contributed by atoms with Crippen LogP contribution in [-0.4, -0.2) is 34.9 Å². The van der Waals surface area contributed by atoms with Crippen LogP contribution in [-0.2, 0) is 0 Å². The lowest BCUT2D eigenvalue weighted by molar-refractivity contribution is 0.0789. The minimum Gasteiger partial charge on any atom is -0.336 e. The van der Waals surface area contributed by atoms with Crippen molar-refractivity contribution in [1.29, 1.82) is 0 Å². The van der Waals surface area contributed by atoms with Crippen LogP contribution in [0.3, 0.4) is 0 Å². The molecule has 2 heterocycles. The molecule has 0 aliphatic carbocycles. The van der Waals surface area contributed by atoms with Crippen LogP contribution in [0.5, 0.6) is 0 Å². The molecule has 94 valence electrons. The number of amides is 1. The molecule has 0 saturated carbocycles. The number of aromatic nitrogens is 1. The second-order valence-corrected chi connectivity index (χ2v) is 5.54. The van der Waals surface area contributed by atoms with Crippen LogP contribution in [0.4, 0.5) is 0 Å². The van der Waals surface area contributed by atoms with Gasteiger partial charge in [-0.15, -0.1) is 11.3 Å². The fourth-order valence-corrected chi connectivity index (χ4v) is 3.16. The summed E-state index contributed by atoms with van der Waals surface area (Å²) < 4.78 is 0. The summed E-state index contributed by atoms with van der Waals surface area (Å²) in [4.78, 5) is 19.0. The largest absolute Gasteiger partial charge is 0.336 e. The maximum atomic E-state index is 12.3. The summed E-state index contributed by atoms with van der Waals surface area (Å²) in [7, 11) is 0. The second kappa shape index (κ2) is 5.14. The fraction of sp³-hybridized carbons (Fsp3) is 0.667. The molecule has 1 aromatic heterocycles. The summed E-state index contributed by atoms with van der Waals surface area (Å²) in [5, 5.41) is 0. The predicted molar refractivity (Wildman–Crippen MR) is 69.1 cm³/mol. The third-order valence-corrected chi connectivity index (χ3v) is 4.29. The van der Waals surface area contributed by atoms with E-state index in [2.05, 4.69) is 11.9 Å². The van der Waals surface area contributed by atoms with Gasteiger partial charge in [-0.25, -0.2) is 4.98 Å². The van der Waals surface area contributed by atoms with Gasteiger partial charge in [-0.3, -0.25) is 4.79 Å². The van der Waals surface area contributed by atoms with Crippen LogP contribution in [0, 0.1) is 12.8 Å². The van der Waals surface area contributed by atoms with Crippen molar-refractivity contribution in [2.75, 3.05) is 13.1 Å². The molecule has 1 aromatic rings. The molecule has 1 saturated heterocycles. The van der Waals surface area contributed by atoms with Crippen molar-refractivity contribution in [2.24, 2.45) is 11.7 Å². The molecule has 0 bridgehead atoms. The van der Waals surface area contributed by atoms with Crippen molar-refractivity contribution in [3.05, 3.63) is 16.1 Å². The number of hydrogen-bond donors (Lipinski definition) is 1. The first-order valence-corrected chi connectivity index (χ1v) is 6.96. The van der Waals surface area contributed by atoms with Crippen LogP contribution >= 0.6 is 11.3 Å². The van der Waals surface area contributed by atoms with Gasteiger partial charge >= 0.3 is 0 Å². The number of carbonyl (C=O) groups is 1. The SMILES string of the molecule is CCC[C@H]1CN(C(=O)c2scnc2C)C[C@@H]1N. The summed E-state index contributed by atoms with van der Waals surface area (Å²) >= 11 is 1.42. The number of nitrogens with two attached hydrogens (primary N) is 1. The maximum absolute atomic E-state index is 12.3. The minimum absolute atomic E-state index is 0.0963. The minimum atomic E-state index is 0.0963. The monoisotopic (exact) mass is 253 g/mol. The van der Waals surface area contributed by atoms with E-state index in [0.717, 1.165) is 30.0 Å². The first-order valence-electron chi connectivity index (χ1n) is 6.08. The molecule has 1 amide bonds. The Morgan fingerprint density at radius 3 is 3.00 bits per heavy atom. The molecule has 2 atom stereocenters. The zero-order chi connectivity index (χ0) is 12.4. The Labute approximate surface area is 106 Å². The normalized spacial score (nSPS) is 24.3. The van der Waals surface area contributed by atoms with Crippen LogP contribution in [0.2, 0.25) is 0 Å². The molecule has 2 rings (SSSR count). The van der Waals surface area contributed by atoms with E-state index in [1.54, 1.807) is 5.51 Å². The summed E-state index contributed by atoms with van der Waals surface area (Å²) in [5.74, 6) is 0.552. The Kier molecular flexibility index (Phi) is 3.79. The standard InChI is InChI=1S/C12H19N3OS/c1-3-4-9-5-15(6-10(9)13)12(16)11-8(2)14-7-17-11/h7,9-10H,3-6,13H2,1-2H3/t9-,10-/m0/s1. The highest BCUT2D eigenvalue weighted by Gasteiger charge is 2.33. The zero-order valence-electron chi connectivity index (χ0n) is 10.3. The summed E-state index contributed by atoms with van der Waals surface area (Å²) in [5.41, 5.74) is 8.63. The maximum Gasteiger partial charge on any atom is 0.265 e. The number of likely N-dealkylation sites (tertiary alicyclic amines) is 1. The number of nitrogens with zero attached hydrogens (tertiary/aromatic N) is 2. The quantitative estimate of drug-likeness (QED) is 0.891. The van der Waals surface area contributed by atoms with Gasteiger partial charge in [0.15, 0.2) is 0 Å². The summed E-state index contributed by atoms with van der Waals surface area (Å²) in [6.45, 7) is 5.51. The molecular formula is C12H19N3OS. The molecule has 2 N–H and O–H groups in total. The van der Waals surface area contributed by atoms with Crippen LogP contribution < -0.4 is 5.73 Å². The van der Waals surface area contributed by atoms with Crippen molar-refractivity contribution >= 4 is 17.2 Å². The van der Waals surface area contributed by atoms with Crippen LogP contribution in [0.1, 0.15) is 35.1 Å². The van der Waals surface area contributed by atoms with E-state index in [1.807, 2.05) is 11.8 Å². The van der Waals surface area contributed by atoms with Crippen molar-refractivity contribution < 1.29 is 4.79 Å². The smallest absolute Gasteiger partial charge is 0.265 e. The van der Waals surface area contributed by atoms with Gasteiger partial charge in [0.05, 0.1) is 11.2 Å². The summed E-state index contributed by atoms with van der Waals surface area (Å²) in [6.07, 6.45) is 2.23. The molecule has 0 aromatic carbocycles. The number of aryl methyl sites for hydroxylation is 1. The Morgan fingerprint density at radius 1 is 1.65 bits per heavy atom. The number of thiazole rings is 1. The third kappa shape index (κ3) is 2.50. The first-order chi connectivity index (χ1) is 8.13. The molecule has 1 fully saturated rings. The molecule has 4 nitrogen and oxygen atoms in total. The third-order valence-electron chi connectivity index (χ3n) is 3.38. The van der Waals surface area contributed by atoms with E-state index >= 15 is 0 Å². The Hall–Kier alpha value is -0.940. The van der Waals surface area contributed by atoms with E-state index in [-0.39, 0.29) is 11.9 Å². The Morgan fingerprint density at radius 2 is 2.41 bits per heavy atom. The van der Waals surface area contributed by atoms with Gasteiger partial charge in [0, 0.05) is 19.1 Å². The Bertz CT molecular complexity index is 404. The van der Waals surface area contributed by atoms with Gasteiger partial charge in [-0.2, -0.15) is 0 Å². The Balaban J connectivity index is 2.05. The van der Waals surface area contributed by atoms with E-state index in [1.165, 1.54) is 11.3 Å². The van der Waals surface area contributed by atoms with Crippen molar-refractivity contribution in [3.63, 3.8) is 0 Å². The second-order valence-electron chi connectivity index (χ2n) is 4.69. The van der Waals surface area contributed by atoms with Crippen LogP contribution in [0.25, 0.3) is 0 Å². The lowest BCUT2D eigenvalue weighted by Crippen LogP contribution is -2.32. The number of hydrogen-bond acceptors (Lipinski definition) is 4. The van der Waals surface area contributed by atoms with E-state index in [0.29, 0.717) is 12.5 Å². The van der Waals surface area contributed by atoms with Crippen molar-refractivity contribution in [2.45, 2.75) is 32.7 Å². The van der Waals surface area contributed by atoms with Gasteiger partial charge in [0.2, 0.25) is 0 Å². The van der Waals surface area contributed by atoms with Gasteiger partial charge in [-0.1, -0.05) is 13.3 Å². The topological polar surface area (TPSA) is 59.2 Å². The lowest BCUT2D eigenvalue weighted by Gasteiger charge is -2.15. The van der Waals surface area contributed by atoms with Crippen molar-refractivity contribution in [1.82, 2.24) is 9.88 Å². The lowest BCUT2D eigenvalue weighted by atomic mass is 9.99. The highest BCUT2D eigenvalue weighted by Crippen LogP contribution is 2.24. The molecule has 0 spiro atoms. The average Bonchev–Trinajstić information content (AvgIpc) is 2.86. The fourth-order valence-electron chi connectivity index (χ4n) is 2.39. The number of rotatable bonds is 3. The molecule has 17 heavy (non-hydrogen) atoms. The van der Waals surface area contributed by atoms with E-state index in [9.17, 15) is 4.79 Å². The molecule has 1 aliphatic rings. The summed E-state index contributed by atoms with van der Waals surface area (Å²) in [6, 6.07) is 0.132. The molecular weight excluding hydrogens is 234 g/mol. The highest BCUT2D eigenvalue weighted by atomic mass is 32.1. The van der Waals surface area contributed by atoms with Gasteiger partial charge < -0.3 is 10.6 Å². The van der Waals surface area contributed by atoms with Crippen LogP contribution in [0.15, 0.2) is 5.51 Å². The molecule has 5 heteroatoms.